The smallest absolute Gasteiger partial charge is 0.118 e. The van der Waals surface area contributed by atoms with Gasteiger partial charge in [-0.05, 0) is 39.7 Å². The number of halogens is 1. The highest BCUT2D eigenvalue weighted by Crippen LogP contribution is 2.15. The third kappa shape index (κ3) is 2.92. The standard InChI is InChI=1S/C10H8BrNO/c1-13-10-4-2-8(3-5-10)6-9(11)7-12/h2-6H,1H3. The molecule has 66 valence electrons. The van der Waals surface area contributed by atoms with Crippen LogP contribution in [0.25, 0.3) is 6.08 Å². The minimum Gasteiger partial charge on any atom is -0.497 e. The van der Waals surface area contributed by atoms with Crippen molar-refractivity contribution < 1.29 is 4.74 Å². The van der Waals surface area contributed by atoms with Gasteiger partial charge in [0, 0.05) is 0 Å². The minimum atomic E-state index is 0.512. The molecule has 1 aromatic carbocycles. The zero-order valence-electron chi connectivity index (χ0n) is 7.12. The number of rotatable bonds is 2. The fraction of sp³-hybridized carbons (Fsp3) is 0.100. The Hall–Kier alpha value is -1.27. The van der Waals surface area contributed by atoms with E-state index in [-0.39, 0.29) is 0 Å². The van der Waals surface area contributed by atoms with Gasteiger partial charge in [0.05, 0.1) is 11.6 Å². The normalized spacial score (nSPS) is 10.7. The summed E-state index contributed by atoms with van der Waals surface area (Å²) in [6, 6.07) is 9.46. The van der Waals surface area contributed by atoms with E-state index in [1.54, 1.807) is 13.2 Å². The highest BCUT2D eigenvalue weighted by Gasteiger charge is 1.92. The van der Waals surface area contributed by atoms with Gasteiger partial charge in [0.1, 0.15) is 11.8 Å². The summed E-state index contributed by atoms with van der Waals surface area (Å²) in [5.74, 6) is 0.810. The second kappa shape index (κ2) is 4.68. The highest BCUT2D eigenvalue weighted by molar-refractivity contribution is 9.12. The average Bonchev–Trinajstić information content (AvgIpc) is 2.19. The van der Waals surface area contributed by atoms with Gasteiger partial charge in [-0.3, -0.25) is 0 Å². The molecule has 0 bridgehead atoms. The van der Waals surface area contributed by atoms with E-state index < -0.39 is 0 Å². The van der Waals surface area contributed by atoms with Gasteiger partial charge in [-0.25, -0.2) is 0 Å². The summed E-state index contributed by atoms with van der Waals surface area (Å²) in [7, 11) is 1.62. The number of hydrogen-bond acceptors (Lipinski definition) is 2. The van der Waals surface area contributed by atoms with Crippen molar-refractivity contribution in [1.29, 1.82) is 5.26 Å². The molecule has 0 saturated heterocycles. The van der Waals surface area contributed by atoms with Crippen molar-refractivity contribution in [2.75, 3.05) is 7.11 Å². The van der Waals surface area contributed by atoms with Crippen LogP contribution in [-0.2, 0) is 0 Å². The van der Waals surface area contributed by atoms with Crippen molar-refractivity contribution >= 4 is 22.0 Å². The zero-order valence-corrected chi connectivity index (χ0v) is 8.71. The van der Waals surface area contributed by atoms with Crippen LogP contribution in [0.3, 0.4) is 0 Å². The molecular weight excluding hydrogens is 230 g/mol. The molecule has 0 aromatic heterocycles. The topological polar surface area (TPSA) is 33.0 Å². The average molecular weight is 238 g/mol. The van der Waals surface area contributed by atoms with Gasteiger partial charge in [-0.2, -0.15) is 5.26 Å². The maximum absolute atomic E-state index is 8.51. The lowest BCUT2D eigenvalue weighted by molar-refractivity contribution is 0.415. The third-order valence-electron chi connectivity index (χ3n) is 1.52. The molecule has 13 heavy (non-hydrogen) atoms. The Morgan fingerprint density at radius 1 is 1.46 bits per heavy atom. The lowest BCUT2D eigenvalue weighted by atomic mass is 10.2. The second-order valence-corrected chi connectivity index (χ2v) is 3.23. The SMILES string of the molecule is COc1ccc(C=C(Br)C#N)cc1. The molecule has 0 N–H and O–H groups in total. The lowest BCUT2D eigenvalue weighted by Gasteiger charge is -1.98. The Kier molecular flexibility index (Phi) is 3.53. The Bertz CT molecular complexity index is 348. The summed E-state index contributed by atoms with van der Waals surface area (Å²) in [6.07, 6.45) is 1.75. The van der Waals surface area contributed by atoms with Crippen LogP contribution in [0, 0.1) is 11.3 Å². The van der Waals surface area contributed by atoms with Crippen LogP contribution in [0.15, 0.2) is 28.7 Å². The van der Waals surface area contributed by atoms with E-state index in [1.165, 1.54) is 0 Å². The molecule has 2 nitrogen and oxygen atoms in total. The summed E-state index contributed by atoms with van der Waals surface area (Å²) in [4.78, 5) is 0. The van der Waals surface area contributed by atoms with E-state index in [4.69, 9.17) is 10.00 Å². The molecule has 0 spiro atoms. The predicted molar refractivity (Wildman–Crippen MR) is 55.5 cm³/mol. The summed E-state index contributed by atoms with van der Waals surface area (Å²) >= 11 is 3.12. The summed E-state index contributed by atoms with van der Waals surface area (Å²) < 4.78 is 5.51. The summed E-state index contributed by atoms with van der Waals surface area (Å²) in [6.45, 7) is 0. The summed E-state index contributed by atoms with van der Waals surface area (Å²) in [5.41, 5.74) is 0.967. The van der Waals surface area contributed by atoms with Crippen LogP contribution >= 0.6 is 15.9 Å². The molecule has 0 heterocycles. The minimum absolute atomic E-state index is 0.512. The second-order valence-electron chi connectivity index (χ2n) is 2.38. The number of nitriles is 1. The molecule has 0 unspecified atom stereocenters. The van der Waals surface area contributed by atoms with Gasteiger partial charge >= 0.3 is 0 Å². The van der Waals surface area contributed by atoms with Crippen LogP contribution in [0.4, 0.5) is 0 Å². The monoisotopic (exact) mass is 237 g/mol. The molecule has 0 aliphatic carbocycles. The van der Waals surface area contributed by atoms with Gasteiger partial charge in [-0.15, -0.1) is 0 Å². The molecule has 0 saturated carbocycles. The van der Waals surface area contributed by atoms with Gasteiger partial charge in [0.25, 0.3) is 0 Å². The van der Waals surface area contributed by atoms with Crippen LogP contribution in [-0.4, -0.2) is 7.11 Å². The van der Waals surface area contributed by atoms with Gasteiger partial charge in [0.15, 0.2) is 0 Å². The molecule has 0 aliphatic heterocycles. The molecule has 0 aliphatic rings. The molecule has 1 aromatic rings. The van der Waals surface area contributed by atoms with E-state index in [0.29, 0.717) is 4.48 Å². The molecule has 0 amide bonds. The molecule has 1 rings (SSSR count). The van der Waals surface area contributed by atoms with Crippen molar-refractivity contribution in [3.63, 3.8) is 0 Å². The Morgan fingerprint density at radius 2 is 2.08 bits per heavy atom. The van der Waals surface area contributed by atoms with Crippen molar-refractivity contribution in [1.82, 2.24) is 0 Å². The molecule has 3 heteroatoms. The van der Waals surface area contributed by atoms with Crippen molar-refractivity contribution in [2.24, 2.45) is 0 Å². The first-order valence-corrected chi connectivity index (χ1v) is 4.47. The van der Waals surface area contributed by atoms with Crippen LogP contribution in [0.2, 0.25) is 0 Å². The highest BCUT2D eigenvalue weighted by atomic mass is 79.9. The zero-order chi connectivity index (χ0) is 9.68. The van der Waals surface area contributed by atoms with E-state index in [0.717, 1.165) is 11.3 Å². The number of nitrogens with zero attached hydrogens (tertiary/aromatic N) is 1. The number of hydrogen-bond donors (Lipinski definition) is 0. The fourth-order valence-corrected chi connectivity index (χ4v) is 1.14. The summed E-state index contributed by atoms with van der Waals surface area (Å²) in [5, 5.41) is 8.51. The van der Waals surface area contributed by atoms with E-state index in [2.05, 4.69) is 15.9 Å². The van der Waals surface area contributed by atoms with E-state index in [1.807, 2.05) is 30.3 Å². The molecular formula is C10H8BrNO. The maximum Gasteiger partial charge on any atom is 0.118 e. The van der Waals surface area contributed by atoms with Crippen molar-refractivity contribution in [3.8, 4) is 11.8 Å². The predicted octanol–water partition coefficient (Wildman–Crippen LogP) is 2.95. The number of benzene rings is 1. The Balaban J connectivity index is 2.88. The van der Waals surface area contributed by atoms with Crippen LogP contribution in [0.5, 0.6) is 5.75 Å². The molecule has 0 atom stereocenters. The first kappa shape index (κ1) is 9.82. The third-order valence-corrected chi connectivity index (χ3v) is 1.92. The number of methoxy groups -OCH3 is 1. The van der Waals surface area contributed by atoms with Gasteiger partial charge in [0.2, 0.25) is 0 Å². The quantitative estimate of drug-likeness (QED) is 0.742. The van der Waals surface area contributed by atoms with Crippen LogP contribution in [0.1, 0.15) is 5.56 Å². The largest absolute Gasteiger partial charge is 0.497 e. The maximum atomic E-state index is 8.51. The first-order chi connectivity index (χ1) is 6.26. The first-order valence-electron chi connectivity index (χ1n) is 3.67. The van der Waals surface area contributed by atoms with E-state index >= 15 is 0 Å². The van der Waals surface area contributed by atoms with Crippen LogP contribution < -0.4 is 4.74 Å². The molecule has 0 radical (unpaired) electrons. The Morgan fingerprint density at radius 3 is 2.54 bits per heavy atom. The number of ether oxygens (including phenoxy) is 1. The number of allylic oxidation sites excluding steroid dienone is 1. The van der Waals surface area contributed by atoms with Gasteiger partial charge in [-0.1, -0.05) is 12.1 Å². The van der Waals surface area contributed by atoms with Gasteiger partial charge < -0.3 is 4.74 Å². The fourth-order valence-electron chi connectivity index (χ4n) is 0.879. The Labute approximate surface area is 85.6 Å². The molecule has 0 fully saturated rings. The van der Waals surface area contributed by atoms with Crippen molar-refractivity contribution in [2.45, 2.75) is 0 Å². The lowest BCUT2D eigenvalue weighted by Crippen LogP contribution is -1.81. The van der Waals surface area contributed by atoms with Crippen molar-refractivity contribution in [3.05, 3.63) is 34.3 Å². The van der Waals surface area contributed by atoms with E-state index in [9.17, 15) is 0 Å².